The summed E-state index contributed by atoms with van der Waals surface area (Å²) in [7, 11) is 0. The molecule has 2 N–H and O–H groups in total. The average Bonchev–Trinajstić information content (AvgIpc) is 2.59. The van der Waals surface area contributed by atoms with Crippen LogP contribution in [0.3, 0.4) is 0 Å². The maximum Gasteiger partial charge on any atom is 0.402 e. The van der Waals surface area contributed by atoms with Crippen molar-refractivity contribution in [1.29, 1.82) is 0 Å². The van der Waals surface area contributed by atoms with E-state index in [2.05, 4.69) is 4.98 Å². The summed E-state index contributed by atoms with van der Waals surface area (Å²) in [6.07, 6.45) is -0.0679. The molecule has 1 heterocycles. The molecule has 0 saturated carbocycles. The van der Waals surface area contributed by atoms with Crippen LogP contribution in [0.4, 0.5) is 0 Å². The Balaban J connectivity index is 2.31. The molecule has 0 aliphatic rings. The lowest BCUT2D eigenvalue weighted by Gasteiger charge is -1.93. The number of nitrogens with zero attached hydrogens (tertiary/aromatic N) is 1. The summed E-state index contributed by atoms with van der Waals surface area (Å²) in [6, 6.07) is 7.13. The van der Waals surface area contributed by atoms with Gasteiger partial charge in [0.2, 0.25) is 0 Å². The molecule has 0 unspecified atom stereocenters. The van der Waals surface area contributed by atoms with Crippen LogP contribution in [0.1, 0.15) is 0 Å². The lowest BCUT2D eigenvalue weighted by Crippen LogP contribution is -2.19. The van der Waals surface area contributed by atoms with Crippen LogP contribution in [0.25, 0.3) is 11.1 Å². The van der Waals surface area contributed by atoms with E-state index >= 15 is 0 Å². The lowest BCUT2D eigenvalue weighted by atomic mass is 10.3. The van der Waals surface area contributed by atoms with Crippen molar-refractivity contribution in [3.05, 3.63) is 24.3 Å². The standard InChI is InChI=1S/C9H8N2O3/c10-5-8(12)14-9-11-6-3-1-2-4-7(6)13-9/h1-4H,5,10H2. The zero-order chi connectivity index (χ0) is 9.97. The van der Waals surface area contributed by atoms with Gasteiger partial charge in [0.25, 0.3) is 0 Å². The van der Waals surface area contributed by atoms with Crippen molar-refractivity contribution in [1.82, 2.24) is 4.98 Å². The molecule has 72 valence electrons. The number of oxazole rings is 1. The van der Waals surface area contributed by atoms with Gasteiger partial charge >= 0.3 is 12.0 Å². The van der Waals surface area contributed by atoms with Crippen molar-refractivity contribution < 1.29 is 13.9 Å². The summed E-state index contributed by atoms with van der Waals surface area (Å²) in [4.78, 5) is 14.7. The monoisotopic (exact) mass is 192 g/mol. The molecule has 0 saturated heterocycles. The Bertz CT molecular complexity index is 431. The fourth-order valence-electron chi connectivity index (χ4n) is 1.03. The van der Waals surface area contributed by atoms with Gasteiger partial charge in [0.1, 0.15) is 5.52 Å². The molecule has 0 aliphatic carbocycles. The van der Waals surface area contributed by atoms with Gasteiger partial charge in [0.15, 0.2) is 5.58 Å². The number of esters is 1. The number of ether oxygens (including phenoxy) is 1. The maximum absolute atomic E-state index is 10.8. The van der Waals surface area contributed by atoms with Gasteiger partial charge in [-0.2, -0.15) is 4.98 Å². The first kappa shape index (κ1) is 8.71. The average molecular weight is 192 g/mol. The van der Waals surface area contributed by atoms with E-state index < -0.39 is 5.97 Å². The number of nitrogens with two attached hydrogens (primary N) is 1. The Labute approximate surface area is 79.5 Å². The van der Waals surface area contributed by atoms with Gasteiger partial charge in [-0.3, -0.25) is 4.79 Å². The van der Waals surface area contributed by atoms with Crippen molar-refractivity contribution >= 4 is 17.1 Å². The second-order valence-electron chi connectivity index (χ2n) is 2.63. The number of para-hydroxylation sites is 2. The van der Waals surface area contributed by atoms with Crippen LogP contribution in [-0.2, 0) is 4.79 Å². The molecule has 0 fully saturated rings. The second-order valence-corrected chi connectivity index (χ2v) is 2.63. The number of carbonyl (C=O) groups is 1. The number of carbonyl (C=O) groups excluding carboxylic acids is 1. The number of benzene rings is 1. The fourth-order valence-corrected chi connectivity index (χ4v) is 1.03. The van der Waals surface area contributed by atoms with E-state index in [1.807, 2.05) is 12.1 Å². The lowest BCUT2D eigenvalue weighted by molar-refractivity contribution is -0.134. The second kappa shape index (κ2) is 3.47. The van der Waals surface area contributed by atoms with Gasteiger partial charge < -0.3 is 14.9 Å². The third kappa shape index (κ3) is 1.57. The topological polar surface area (TPSA) is 78.4 Å². The molecular weight excluding hydrogens is 184 g/mol. The number of rotatable bonds is 2. The van der Waals surface area contributed by atoms with E-state index in [0.29, 0.717) is 11.1 Å². The minimum Gasteiger partial charge on any atom is -0.409 e. The molecule has 0 amide bonds. The van der Waals surface area contributed by atoms with Crippen LogP contribution >= 0.6 is 0 Å². The van der Waals surface area contributed by atoms with Crippen LogP contribution < -0.4 is 10.5 Å². The number of hydrogen-bond acceptors (Lipinski definition) is 5. The zero-order valence-corrected chi connectivity index (χ0v) is 7.27. The quantitative estimate of drug-likeness (QED) is 0.708. The van der Waals surface area contributed by atoms with E-state index in [0.717, 1.165) is 0 Å². The molecule has 1 aromatic carbocycles. The van der Waals surface area contributed by atoms with Crippen molar-refractivity contribution in [2.24, 2.45) is 5.73 Å². The van der Waals surface area contributed by atoms with Gasteiger partial charge in [-0.1, -0.05) is 12.1 Å². The number of fused-ring (bicyclic) bond motifs is 1. The summed E-state index contributed by atoms with van der Waals surface area (Å²) in [5.74, 6) is -0.573. The molecule has 0 atom stereocenters. The number of hydrogen-bond donors (Lipinski definition) is 1. The highest BCUT2D eigenvalue weighted by Crippen LogP contribution is 2.19. The molecule has 5 nitrogen and oxygen atoms in total. The molecule has 2 rings (SSSR count). The molecule has 0 bridgehead atoms. The largest absolute Gasteiger partial charge is 0.409 e. The Hall–Kier alpha value is -1.88. The normalized spacial score (nSPS) is 10.4. The molecule has 0 aliphatic heterocycles. The van der Waals surface area contributed by atoms with Crippen molar-refractivity contribution in [3.8, 4) is 6.08 Å². The molecule has 0 spiro atoms. The minimum atomic E-state index is -0.573. The third-order valence-electron chi connectivity index (χ3n) is 1.64. The SMILES string of the molecule is NCC(=O)Oc1nc2ccccc2o1. The first-order chi connectivity index (χ1) is 6.79. The van der Waals surface area contributed by atoms with Gasteiger partial charge in [-0.05, 0) is 12.1 Å². The summed E-state index contributed by atoms with van der Waals surface area (Å²) in [5.41, 5.74) is 6.29. The first-order valence-corrected chi connectivity index (χ1v) is 4.06. The summed E-state index contributed by atoms with van der Waals surface area (Å²) >= 11 is 0. The van der Waals surface area contributed by atoms with Gasteiger partial charge in [-0.25, -0.2) is 0 Å². The van der Waals surface area contributed by atoms with Crippen LogP contribution in [-0.4, -0.2) is 17.5 Å². The Morgan fingerprint density at radius 3 is 3.00 bits per heavy atom. The summed E-state index contributed by atoms with van der Waals surface area (Å²) in [5, 5.41) is 0. The first-order valence-electron chi connectivity index (χ1n) is 4.06. The highest BCUT2D eigenvalue weighted by atomic mass is 16.6. The van der Waals surface area contributed by atoms with Gasteiger partial charge in [0, 0.05) is 0 Å². The number of aromatic nitrogens is 1. The summed E-state index contributed by atoms with van der Waals surface area (Å²) in [6.45, 7) is -0.196. The van der Waals surface area contributed by atoms with Crippen LogP contribution in [0, 0.1) is 0 Å². The fraction of sp³-hybridized carbons (Fsp3) is 0.111. The van der Waals surface area contributed by atoms with Crippen LogP contribution in [0.2, 0.25) is 0 Å². The Morgan fingerprint density at radius 2 is 2.29 bits per heavy atom. The van der Waals surface area contributed by atoms with E-state index in [-0.39, 0.29) is 12.6 Å². The maximum atomic E-state index is 10.8. The van der Waals surface area contributed by atoms with Gasteiger partial charge in [-0.15, -0.1) is 0 Å². The van der Waals surface area contributed by atoms with Crippen LogP contribution in [0.15, 0.2) is 28.7 Å². The van der Waals surface area contributed by atoms with Crippen molar-refractivity contribution in [2.75, 3.05) is 6.54 Å². The molecule has 1 aromatic heterocycles. The highest BCUT2D eigenvalue weighted by Gasteiger charge is 2.09. The van der Waals surface area contributed by atoms with Crippen molar-refractivity contribution in [2.45, 2.75) is 0 Å². The van der Waals surface area contributed by atoms with Crippen LogP contribution in [0.5, 0.6) is 6.08 Å². The predicted molar refractivity (Wildman–Crippen MR) is 48.7 cm³/mol. The van der Waals surface area contributed by atoms with E-state index in [9.17, 15) is 4.79 Å². The molecular formula is C9H8N2O3. The van der Waals surface area contributed by atoms with E-state index in [1.165, 1.54) is 0 Å². The Kier molecular flexibility index (Phi) is 2.16. The molecule has 0 radical (unpaired) electrons. The van der Waals surface area contributed by atoms with Crippen molar-refractivity contribution in [3.63, 3.8) is 0 Å². The predicted octanol–water partition coefficient (Wildman–Crippen LogP) is 0.692. The molecule has 14 heavy (non-hydrogen) atoms. The van der Waals surface area contributed by atoms with E-state index in [4.69, 9.17) is 14.9 Å². The summed E-state index contributed by atoms with van der Waals surface area (Å²) < 4.78 is 9.84. The third-order valence-corrected chi connectivity index (χ3v) is 1.64. The molecule has 5 heteroatoms. The highest BCUT2D eigenvalue weighted by molar-refractivity contribution is 5.76. The van der Waals surface area contributed by atoms with E-state index in [1.54, 1.807) is 12.1 Å². The smallest absolute Gasteiger partial charge is 0.402 e. The zero-order valence-electron chi connectivity index (χ0n) is 7.27. The Morgan fingerprint density at radius 1 is 1.50 bits per heavy atom. The molecule has 2 aromatic rings. The minimum absolute atomic E-state index is 0.0679. The van der Waals surface area contributed by atoms with Gasteiger partial charge in [0.05, 0.1) is 6.54 Å².